The lowest BCUT2D eigenvalue weighted by Crippen LogP contribution is -1.97. The number of benzene rings is 2. The predicted molar refractivity (Wildman–Crippen MR) is 75.3 cm³/mol. The van der Waals surface area contributed by atoms with E-state index in [0.717, 1.165) is 5.56 Å². The van der Waals surface area contributed by atoms with Gasteiger partial charge in [-0.25, -0.2) is 0 Å². The second-order valence-corrected chi connectivity index (χ2v) is 5.34. The molecule has 1 N–H and O–H groups in total. The Balaban J connectivity index is 2.18. The Hall–Kier alpha value is -1.87. The molecule has 2 nitrogen and oxygen atoms in total. The van der Waals surface area contributed by atoms with E-state index in [0.29, 0.717) is 6.42 Å². The highest BCUT2D eigenvalue weighted by molar-refractivity contribution is 7.26. The number of carbonyl (C=O) groups is 1. The fraction of sp³-hybridized carbons (Fsp3) is 0.133. The van der Waals surface area contributed by atoms with Crippen LogP contribution in [-0.2, 0) is 11.2 Å². The van der Waals surface area contributed by atoms with Crippen LogP contribution < -0.4 is 0 Å². The number of carboxylic acids is 1. The van der Waals surface area contributed by atoms with Crippen molar-refractivity contribution in [2.75, 3.05) is 0 Å². The van der Waals surface area contributed by atoms with Gasteiger partial charge in [-0.05, 0) is 18.1 Å². The number of fused-ring (bicyclic) bond motifs is 3. The summed E-state index contributed by atoms with van der Waals surface area (Å²) < 4.78 is 2.48. The molecule has 0 bridgehead atoms. The Kier molecular flexibility index (Phi) is 2.76. The Bertz CT molecular complexity index is 728. The van der Waals surface area contributed by atoms with Crippen LogP contribution >= 0.6 is 11.3 Å². The first-order valence-electron chi connectivity index (χ1n) is 5.86. The monoisotopic (exact) mass is 256 g/mol. The molecular weight excluding hydrogens is 244 g/mol. The summed E-state index contributed by atoms with van der Waals surface area (Å²) in [5.41, 5.74) is 1.14. The van der Waals surface area contributed by atoms with Crippen molar-refractivity contribution < 1.29 is 9.90 Å². The van der Waals surface area contributed by atoms with E-state index in [-0.39, 0.29) is 6.42 Å². The Morgan fingerprint density at radius 1 is 1.06 bits per heavy atom. The van der Waals surface area contributed by atoms with E-state index in [1.807, 2.05) is 24.3 Å². The molecule has 3 aromatic rings. The van der Waals surface area contributed by atoms with Crippen LogP contribution in [0.3, 0.4) is 0 Å². The fourth-order valence-electron chi connectivity index (χ4n) is 2.24. The third-order valence-electron chi connectivity index (χ3n) is 3.09. The van der Waals surface area contributed by atoms with Crippen LogP contribution in [0.2, 0.25) is 0 Å². The molecule has 0 atom stereocenters. The molecule has 0 saturated heterocycles. The number of rotatable bonds is 3. The summed E-state index contributed by atoms with van der Waals surface area (Å²) in [6.07, 6.45) is 0.785. The maximum Gasteiger partial charge on any atom is 0.303 e. The average Bonchev–Trinajstić information content (AvgIpc) is 2.75. The molecule has 1 heterocycles. The summed E-state index contributed by atoms with van der Waals surface area (Å²) in [6.45, 7) is 0. The van der Waals surface area contributed by atoms with Gasteiger partial charge in [0.05, 0.1) is 0 Å². The standard InChI is InChI=1S/C15H12O2S/c16-14(17)9-8-10-4-3-6-12-11-5-1-2-7-13(11)18-15(10)12/h1-7H,8-9H2,(H,16,17). The number of hydrogen-bond acceptors (Lipinski definition) is 2. The van der Waals surface area contributed by atoms with Gasteiger partial charge in [-0.3, -0.25) is 4.79 Å². The molecule has 0 aliphatic heterocycles. The van der Waals surface area contributed by atoms with E-state index in [9.17, 15) is 4.79 Å². The highest BCUT2D eigenvalue weighted by Crippen LogP contribution is 2.35. The molecule has 0 spiro atoms. The summed E-state index contributed by atoms with van der Waals surface area (Å²) in [5.74, 6) is -0.742. The normalized spacial score (nSPS) is 11.1. The fourth-order valence-corrected chi connectivity index (χ4v) is 3.49. The number of aryl methyl sites for hydroxylation is 1. The predicted octanol–water partition coefficient (Wildman–Crippen LogP) is 4.07. The molecule has 18 heavy (non-hydrogen) atoms. The summed E-state index contributed by atoms with van der Waals surface area (Å²) in [6, 6.07) is 14.5. The van der Waals surface area contributed by atoms with Gasteiger partial charge in [-0.15, -0.1) is 11.3 Å². The number of thiophene rings is 1. The van der Waals surface area contributed by atoms with E-state index in [4.69, 9.17) is 5.11 Å². The van der Waals surface area contributed by atoms with Gasteiger partial charge >= 0.3 is 5.97 Å². The first-order valence-corrected chi connectivity index (χ1v) is 6.68. The van der Waals surface area contributed by atoms with Crippen LogP contribution in [0.15, 0.2) is 42.5 Å². The average molecular weight is 256 g/mol. The van der Waals surface area contributed by atoms with Gasteiger partial charge in [0, 0.05) is 26.6 Å². The third-order valence-corrected chi connectivity index (χ3v) is 4.36. The van der Waals surface area contributed by atoms with Gasteiger partial charge < -0.3 is 5.11 Å². The van der Waals surface area contributed by atoms with Gasteiger partial charge in [-0.2, -0.15) is 0 Å². The number of carboxylic acid groups (broad SMARTS) is 1. The molecule has 3 heteroatoms. The molecule has 1 aromatic heterocycles. The Morgan fingerprint density at radius 2 is 1.83 bits per heavy atom. The van der Waals surface area contributed by atoms with Gasteiger partial charge in [-0.1, -0.05) is 36.4 Å². The van der Waals surface area contributed by atoms with E-state index >= 15 is 0 Å². The molecule has 0 aliphatic rings. The van der Waals surface area contributed by atoms with Crippen molar-refractivity contribution in [3.05, 3.63) is 48.0 Å². The minimum atomic E-state index is -0.742. The zero-order chi connectivity index (χ0) is 12.5. The van der Waals surface area contributed by atoms with Crippen LogP contribution in [0.5, 0.6) is 0 Å². The molecule has 0 unspecified atom stereocenters. The summed E-state index contributed by atoms with van der Waals surface area (Å²) >= 11 is 1.75. The third kappa shape index (κ3) is 1.87. The number of aliphatic carboxylic acids is 1. The Morgan fingerprint density at radius 3 is 2.67 bits per heavy atom. The minimum absolute atomic E-state index is 0.188. The summed E-state index contributed by atoms with van der Waals surface area (Å²) in [5, 5.41) is 11.3. The second kappa shape index (κ2) is 4.42. The van der Waals surface area contributed by atoms with Crippen molar-refractivity contribution in [2.45, 2.75) is 12.8 Å². The van der Waals surface area contributed by atoms with Crippen LogP contribution in [-0.4, -0.2) is 11.1 Å². The maximum absolute atomic E-state index is 10.7. The SMILES string of the molecule is O=C(O)CCc1cccc2c1sc1ccccc12. The van der Waals surface area contributed by atoms with Gasteiger partial charge in [0.2, 0.25) is 0 Å². The molecule has 0 radical (unpaired) electrons. The van der Waals surface area contributed by atoms with Crippen molar-refractivity contribution in [1.82, 2.24) is 0 Å². The van der Waals surface area contributed by atoms with Gasteiger partial charge in [0.25, 0.3) is 0 Å². The smallest absolute Gasteiger partial charge is 0.303 e. The minimum Gasteiger partial charge on any atom is -0.481 e. The lowest BCUT2D eigenvalue weighted by molar-refractivity contribution is -0.136. The lowest BCUT2D eigenvalue weighted by atomic mass is 10.1. The second-order valence-electron chi connectivity index (χ2n) is 4.29. The van der Waals surface area contributed by atoms with Crippen molar-refractivity contribution >= 4 is 37.5 Å². The highest BCUT2D eigenvalue weighted by Gasteiger charge is 2.09. The first kappa shape index (κ1) is 11.2. The van der Waals surface area contributed by atoms with Crippen molar-refractivity contribution in [2.24, 2.45) is 0 Å². The lowest BCUT2D eigenvalue weighted by Gasteiger charge is -2.00. The molecule has 3 rings (SSSR count). The quantitative estimate of drug-likeness (QED) is 0.767. The van der Waals surface area contributed by atoms with Crippen LogP contribution in [0.4, 0.5) is 0 Å². The van der Waals surface area contributed by atoms with Crippen LogP contribution in [0, 0.1) is 0 Å². The Labute approximate surface area is 108 Å². The molecule has 0 fully saturated rings. The van der Waals surface area contributed by atoms with E-state index < -0.39 is 5.97 Å². The number of hydrogen-bond donors (Lipinski definition) is 1. The molecule has 2 aromatic carbocycles. The van der Waals surface area contributed by atoms with Crippen molar-refractivity contribution in [3.63, 3.8) is 0 Å². The van der Waals surface area contributed by atoms with E-state index in [2.05, 4.69) is 18.2 Å². The summed E-state index contributed by atoms with van der Waals surface area (Å²) in [7, 11) is 0. The zero-order valence-corrected chi connectivity index (χ0v) is 10.5. The van der Waals surface area contributed by atoms with Crippen molar-refractivity contribution in [1.29, 1.82) is 0 Å². The zero-order valence-electron chi connectivity index (χ0n) is 9.72. The highest BCUT2D eigenvalue weighted by atomic mass is 32.1. The molecule has 0 amide bonds. The first-order chi connectivity index (χ1) is 8.75. The summed E-state index contributed by atoms with van der Waals surface area (Å²) in [4.78, 5) is 10.7. The van der Waals surface area contributed by atoms with E-state index in [1.54, 1.807) is 11.3 Å². The van der Waals surface area contributed by atoms with Gasteiger partial charge in [0.15, 0.2) is 0 Å². The molecule has 0 aliphatic carbocycles. The largest absolute Gasteiger partial charge is 0.481 e. The topological polar surface area (TPSA) is 37.3 Å². The van der Waals surface area contributed by atoms with E-state index in [1.165, 1.54) is 20.2 Å². The molecule has 0 saturated carbocycles. The van der Waals surface area contributed by atoms with Crippen molar-refractivity contribution in [3.8, 4) is 0 Å². The van der Waals surface area contributed by atoms with Crippen LogP contribution in [0.1, 0.15) is 12.0 Å². The van der Waals surface area contributed by atoms with Crippen LogP contribution in [0.25, 0.3) is 20.2 Å². The van der Waals surface area contributed by atoms with Gasteiger partial charge in [0.1, 0.15) is 0 Å². The molecule has 90 valence electrons. The molecular formula is C15H12O2S. The maximum atomic E-state index is 10.7.